The normalized spacial score (nSPS) is 19.7. The van der Waals surface area contributed by atoms with Gasteiger partial charge in [-0.1, -0.05) is 0 Å². The Morgan fingerprint density at radius 1 is 1.48 bits per heavy atom. The summed E-state index contributed by atoms with van der Waals surface area (Å²) in [5, 5.41) is 10.2. The van der Waals surface area contributed by atoms with E-state index < -0.39 is 29.8 Å². The molecule has 1 heterocycles. The van der Waals surface area contributed by atoms with Crippen LogP contribution in [-0.2, 0) is 19.0 Å². The van der Waals surface area contributed by atoms with Crippen molar-refractivity contribution < 1.29 is 23.8 Å². The quantitative estimate of drug-likeness (QED) is 0.379. The number of ether oxygens (including phenoxy) is 3. The molecule has 1 saturated heterocycles. The van der Waals surface area contributed by atoms with Crippen LogP contribution in [0, 0.1) is 5.41 Å². The molecule has 0 radical (unpaired) electrons. The molecule has 9 nitrogen and oxygen atoms in total. The highest BCUT2D eigenvalue weighted by atomic mass is 16.6. The molecule has 1 rings (SSSR count). The summed E-state index contributed by atoms with van der Waals surface area (Å²) in [6, 6.07) is -1.28. The maximum Gasteiger partial charge on any atom is 0.414 e. The number of carbonyl (C=O) groups excluding carboxylic acids is 2. The summed E-state index contributed by atoms with van der Waals surface area (Å²) >= 11 is 0. The molecule has 0 saturated carbocycles. The van der Waals surface area contributed by atoms with Crippen LogP contribution in [0.15, 0.2) is 0 Å². The average molecular weight is 330 g/mol. The van der Waals surface area contributed by atoms with Gasteiger partial charge in [-0.15, -0.1) is 0 Å². The molecule has 0 aliphatic carbocycles. The number of nitrogens with zero attached hydrogens (tertiary/aromatic N) is 1. The van der Waals surface area contributed by atoms with Crippen LogP contribution in [0.4, 0.5) is 4.79 Å². The first kappa shape index (κ1) is 19.2. The minimum absolute atomic E-state index is 0.165. The fourth-order valence-electron chi connectivity index (χ4n) is 1.93. The summed E-state index contributed by atoms with van der Waals surface area (Å²) in [5.41, 5.74) is 5.25. The van der Waals surface area contributed by atoms with Gasteiger partial charge in [-0.3, -0.25) is 10.2 Å². The largest absolute Gasteiger partial charge is 0.459 e. The molecule has 2 unspecified atom stereocenters. The molecular formula is C14H26N4O5. The van der Waals surface area contributed by atoms with Gasteiger partial charge in [0.2, 0.25) is 0 Å². The van der Waals surface area contributed by atoms with Crippen LogP contribution in [-0.4, -0.2) is 67.0 Å². The Kier molecular flexibility index (Phi) is 6.77. The number of alkyl carbamates (subject to hydrolysis) is 1. The van der Waals surface area contributed by atoms with Crippen molar-refractivity contribution in [2.75, 3.05) is 26.2 Å². The second kappa shape index (κ2) is 8.11. The molecule has 1 aliphatic rings. The van der Waals surface area contributed by atoms with E-state index in [2.05, 4.69) is 5.32 Å². The van der Waals surface area contributed by atoms with Crippen molar-refractivity contribution in [1.82, 2.24) is 10.2 Å². The Labute approximate surface area is 135 Å². The van der Waals surface area contributed by atoms with Gasteiger partial charge in [0.05, 0.1) is 13.2 Å². The number of carbonyl (C=O) groups is 2. The monoisotopic (exact) mass is 330 g/mol. The lowest BCUT2D eigenvalue weighted by Gasteiger charge is -2.35. The molecule has 0 spiro atoms. The number of esters is 1. The molecule has 0 aromatic heterocycles. The van der Waals surface area contributed by atoms with E-state index in [0.29, 0.717) is 13.1 Å². The molecule has 0 bridgehead atoms. The minimum atomic E-state index is -0.978. The smallest absolute Gasteiger partial charge is 0.414 e. The molecule has 0 aromatic rings. The van der Waals surface area contributed by atoms with Crippen LogP contribution in [0.1, 0.15) is 27.7 Å². The maximum absolute atomic E-state index is 12.0. The first-order valence-corrected chi connectivity index (χ1v) is 7.53. The molecule has 1 aliphatic heterocycles. The molecule has 23 heavy (non-hydrogen) atoms. The van der Waals surface area contributed by atoms with Gasteiger partial charge in [0.15, 0.2) is 0 Å². The van der Waals surface area contributed by atoms with Gasteiger partial charge < -0.3 is 30.2 Å². The summed E-state index contributed by atoms with van der Waals surface area (Å²) in [5.74, 6) is -0.569. The van der Waals surface area contributed by atoms with Gasteiger partial charge in [0.25, 0.3) is 6.02 Å². The number of nitrogens with one attached hydrogen (secondary N) is 2. The third-order valence-corrected chi connectivity index (χ3v) is 2.97. The summed E-state index contributed by atoms with van der Waals surface area (Å²) in [4.78, 5) is 24.8. The highest BCUT2D eigenvalue weighted by Crippen LogP contribution is 2.13. The second-order valence-electron chi connectivity index (χ2n) is 6.14. The number of hydrogen-bond donors (Lipinski definition) is 3. The Bertz CT molecular complexity index is 449. The zero-order valence-electron chi connectivity index (χ0n) is 14.0. The van der Waals surface area contributed by atoms with Gasteiger partial charge in [-0.2, -0.15) is 0 Å². The van der Waals surface area contributed by atoms with Crippen molar-refractivity contribution in [2.45, 2.75) is 45.4 Å². The topological polar surface area (TPSA) is 127 Å². The highest BCUT2D eigenvalue weighted by Gasteiger charge is 2.34. The Balaban J connectivity index is 2.58. The Morgan fingerprint density at radius 3 is 2.70 bits per heavy atom. The fourth-order valence-corrected chi connectivity index (χ4v) is 1.93. The number of nitrogens with two attached hydrogens (primary N) is 1. The van der Waals surface area contributed by atoms with Crippen molar-refractivity contribution in [2.24, 2.45) is 5.73 Å². The van der Waals surface area contributed by atoms with E-state index in [4.69, 9.17) is 25.4 Å². The van der Waals surface area contributed by atoms with E-state index in [1.807, 2.05) is 0 Å². The van der Waals surface area contributed by atoms with E-state index in [9.17, 15) is 9.59 Å². The van der Waals surface area contributed by atoms with Gasteiger partial charge >= 0.3 is 12.1 Å². The van der Waals surface area contributed by atoms with Crippen molar-refractivity contribution >= 4 is 18.1 Å². The number of rotatable bonds is 3. The van der Waals surface area contributed by atoms with Crippen LogP contribution >= 0.6 is 0 Å². The molecule has 1 amide bonds. The van der Waals surface area contributed by atoms with E-state index >= 15 is 0 Å². The van der Waals surface area contributed by atoms with Crippen LogP contribution in [0.5, 0.6) is 0 Å². The Morgan fingerprint density at radius 2 is 2.13 bits per heavy atom. The number of hydrogen-bond acceptors (Lipinski definition) is 7. The van der Waals surface area contributed by atoms with Crippen LogP contribution in [0.25, 0.3) is 0 Å². The molecule has 4 N–H and O–H groups in total. The van der Waals surface area contributed by atoms with E-state index in [-0.39, 0.29) is 19.2 Å². The number of amides is 1. The summed E-state index contributed by atoms with van der Waals surface area (Å²) in [6.07, 6.45) is -1.34. The number of morpholine rings is 1. The van der Waals surface area contributed by atoms with Crippen molar-refractivity contribution in [3.8, 4) is 0 Å². The van der Waals surface area contributed by atoms with Crippen LogP contribution in [0.3, 0.4) is 0 Å². The lowest BCUT2D eigenvalue weighted by molar-refractivity contribution is -0.162. The lowest BCUT2D eigenvalue weighted by atomic mass is 10.1. The third kappa shape index (κ3) is 6.41. The maximum atomic E-state index is 12.0. The van der Waals surface area contributed by atoms with Crippen molar-refractivity contribution in [3.63, 3.8) is 0 Å². The molecular weight excluding hydrogens is 304 g/mol. The van der Waals surface area contributed by atoms with Gasteiger partial charge in [0, 0.05) is 13.1 Å². The fraction of sp³-hybridized carbons (Fsp3) is 0.786. The molecule has 2 atom stereocenters. The van der Waals surface area contributed by atoms with E-state index in [0.717, 1.165) is 0 Å². The van der Waals surface area contributed by atoms with Crippen molar-refractivity contribution in [1.29, 1.82) is 5.41 Å². The molecule has 1 fully saturated rings. The first-order valence-electron chi connectivity index (χ1n) is 7.53. The molecule has 0 aromatic carbocycles. The van der Waals surface area contributed by atoms with Crippen molar-refractivity contribution in [3.05, 3.63) is 0 Å². The molecule has 9 heteroatoms. The van der Waals surface area contributed by atoms with Gasteiger partial charge in [-0.25, -0.2) is 4.79 Å². The van der Waals surface area contributed by atoms with E-state index in [1.54, 1.807) is 27.7 Å². The lowest BCUT2D eigenvalue weighted by Crippen LogP contribution is -2.56. The second-order valence-corrected chi connectivity index (χ2v) is 6.14. The Hall–Kier alpha value is -1.87. The summed E-state index contributed by atoms with van der Waals surface area (Å²) in [6.45, 7) is 8.21. The van der Waals surface area contributed by atoms with Crippen LogP contribution in [0.2, 0.25) is 0 Å². The highest BCUT2D eigenvalue weighted by molar-refractivity contribution is 5.85. The van der Waals surface area contributed by atoms with Crippen LogP contribution < -0.4 is 11.1 Å². The van der Waals surface area contributed by atoms with Gasteiger partial charge in [0.1, 0.15) is 17.7 Å². The SMILES string of the molecule is CCNC(=O)OC(=N)N1CCOC(C(N)C(=O)OC(C)(C)C)C1. The minimum Gasteiger partial charge on any atom is -0.459 e. The third-order valence-electron chi connectivity index (χ3n) is 2.97. The van der Waals surface area contributed by atoms with E-state index in [1.165, 1.54) is 4.90 Å². The predicted octanol–water partition coefficient (Wildman–Crippen LogP) is 0.0371. The van der Waals surface area contributed by atoms with Gasteiger partial charge in [-0.05, 0) is 27.7 Å². The average Bonchev–Trinajstić information content (AvgIpc) is 2.45. The predicted molar refractivity (Wildman–Crippen MR) is 83.0 cm³/mol. The molecule has 132 valence electrons. The number of amidine groups is 1. The zero-order chi connectivity index (χ0) is 17.6. The summed E-state index contributed by atoms with van der Waals surface area (Å²) < 4.78 is 15.6. The summed E-state index contributed by atoms with van der Waals surface area (Å²) in [7, 11) is 0. The first-order chi connectivity index (χ1) is 10.6. The zero-order valence-corrected chi connectivity index (χ0v) is 14.0. The standard InChI is InChI=1S/C14H26N4O5/c1-5-17-13(20)22-12(16)18-6-7-21-9(8-18)10(15)11(19)23-14(2,3)4/h9-10,16H,5-8,15H2,1-4H3,(H,17,20).